The van der Waals surface area contributed by atoms with Crippen molar-refractivity contribution in [2.75, 3.05) is 32.8 Å². The Morgan fingerprint density at radius 1 is 1.33 bits per heavy atom. The molecule has 1 aliphatic heterocycles. The molecule has 1 aromatic heterocycles. The van der Waals surface area contributed by atoms with Crippen molar-refractivity contribution < 1.29 is 14.1 Å². The van der Waals surface area contributed by atoms with Gasteiger partial charge in [0, 0.05) is 32.6 Å². The minimum absolute atomic E-state index is 0.00646. The molecule has 1 unspecified atom stereocenters. The lowest BCUT2D eigenvalue weighted by Gasteiger charge is -2.37. The van der Waals surface area contributed by atoms with Crippen LogP contribution in [0.25, 0.3) is 0 Å². The highest BCUT2D eigenvalue weighted by atomic mass is 16.5. The number of para-hydroxylation sites is 1. The number of benzene rings is 1. The number of rotatable bonds is 7. The maximum atomic E-state index is 12.9. The summed E-state index contributed by atoms with van der Waals surface area (Å²) in [5.41, 5.74) is 0.588. The highest BCUT2D eigenvalue weighted by Crippen LogP contribution is 2.23. The highest BCUT2D eigenvalue weighted by Gasteiger charge is 2.28. The van der Waals surface area contributed by atoms with Gasteiger partial charge in [-0.05, 0) is 19.1 Å². The van der Waals surface area contributed by atoms with Gasteiger partial charge < -0.3 is 14.2 Å². The summed E-state index contributed by atoms with van der Waals surface area (Å²) in [6, 6.07) is 7.38. The van der Waals surface area contributed by atoms with Gasteiger partial charge >= 0.3 is 0 Å². The summed E-state index contributed by atoms with van der Waals surface area (Å²) in [6.45, 7) is 10.9. The van der Waals surface area contributed by atoms with Crippen molar-refractivity contribution in [3.63, 3.8) is 0 Å². The van der Waals surface area contributed by atoms with Crippen LogP contribution in [0.2, 0.25) is 0 Å². The molecule has 7 heteroatoms. The van der Waals surface area contributed by atoms with E-state index in [1.165, 1.54) is 0 Å². The molecule has 1 amide bonds. The quantitative estimate of drug-likeness (QED) is 0.698. The van der Waals surface area contributed by atoms with Gasteiger partial charge in [0.25, 0.3) is 5.91 Å². The van der Waals surface area contributed by atoms with E-state index in [9.17, 15) is 4.79 Å². The van der Waals surface area contributed by atoms with Gasteiger partial charge in [-0.1, -0.05) is 36.9 Å². The topological polar surface area (TPSA) is 71.7 Å². The number of piperazine rings is 1. The van der Waals surface area contributed by atoms with E-state index in [1.807, 2.05) is 30.0 Å². The fraction of sp³-hybridized carbons (Fsp3) is 0.450. The smallest absolute Gasteiger partial charge is 0.257 e. The van der Waals surface area contributed by atoms with Crippen LogP contribution in [0.4, 0.5) is 0 Å². The van der Waals surface area contributed by atoms with Gasteiger partial charge in [-0.2, -0.15) is 4.98 Å². The molecule has 2 aromatic rings. The van der Waals surface area contributed by atoms with Crippen molar-refractivity contribution in [3.05, 3.63) is 54.2 Å². The molecule has 0 saturated carbocycles. The van der Waals surface area contributed by atoms with Crippen LogP contribution in [0.1, 0.15) is 42.0 Å². The largest absolute Gasteiger partial charge is 0.489 e. The van der Waals surface area contributed by atoms with Crippen LogP contribution in [-0.2, 0) is 6.42 Å². The molecule has 0 N–H and O–H groups in total. The summed E-state index contributed by atoms with van der Waals surface area (Å²) >= 11 is 0. The Balaban J connectivity index is 1.62. The second-order valence-electron chi connectivity index (χ2n) is 6.50. The zero-order valence-corrected chi connectivity index (χ0v) is 15.9. The standard InChI is InChI=1S/C20H26N4O3/c1-4-14-26-17-9-7-6-8-16(17)20(25)24-12-10-23(11-13-24)15(3)19-21-18(5-2)22-27-19/h4,6-9,15H,1,5,10-14H2,2-3H3. The number of amides is 1. The number of ether oxygens (including phenoxy) is 1. The zero-order chi connectivity index (χ0) is 19.2. The Morgan fingerprint density at radius 3 is 2.74 bits per heavy atom. The van der Waals surface area contributed by atoms with Crippen LogP contribution in [0.5, 0.6) is 5.75 Å². The van der Waals surface area contributed by atoms with E-state index >= 15 is 0 Å². The van der Waals surface area contributed by atoms with Crippen LogP contribution < -0.4 is 4.74 Å². The first-order valence-corrected chi connectivity index (χ1v) is 9.32. The first-order chi connectivity index (χ1) is 13.1. The summed E-state index contributed by atoms with van der Waals surface area (Å²) in [5, 5.41) is 3.97. The van der Waals surface area contributed by atoms with Crippen LogP contribution in [0, 0.1) is 0 Å². The van der Waals surface area contributed by atoms with Gasteiger partial charge in [-0.25, -0.2) is 0 Å². The van der Waals surface area contributed by atoms with E-state index in [0.717, 1.165) is 25.3 Å². The molecule has 144 valence electrons. The molecule has 2 heterocycles. The van der Waals surface area contributed by atoms with Gasteiger partial charge in [-0.15, -0.1) is 0 Å². The molecule has 27 heavy (non-hydrogen) atoms. The lowest BCUT2D eigenvalue weighted by Crippen LogP contribution is -2.49. The van der Waals surface area contributed by atoms with E-state index in [1.54, 1.807) is 12.1 Å². The van der Waals surface area contributed by atoms with Gasteiger partial charge in [0.05, 0.1) is 11.6 Å². The zero-order valence-electron chi connectivity index (χ0n) is 15.9. The molecule has 1 aromatic carbocycles. The minimum atomic E-state index is -0.00646. The van der Waals surface area contributed by atoms with E-state index in [4.69, 9.17) is 9.26 Å². The lowest BCUT2D eigenvalue weighted by molar-refractivity contribution is 0.0548. The first kappa shape index (κ1) is 19.1. The molecular formula is C20H26N4O3. The average molecular weight is 370 g/mol. The van der Waals surface area contributed by atoms with Crippen LogP contribution >= 0.6 is 0 Å². The molecule has 1 saturated heterocycles. The highest BCUT2D eigenvalue weighted by molar-refractivity contribution is 5.97. The number of hydrogen-bond donors (Lipinski definition) is 0. The average Bonchev–Trinajstić information content (AvgIpc) is 3.21. The van der Waals surface area contributed by atoms with Crippen LogP contribution in [-0.4, -0.2) is 58.6 Å². The Morgan fingerprint density at radius 2 is 2.07 bits per heavy atom. The van der Waals surface area contributed by atoms with E-state index in [2.05, 4.69) is 28.5 Å². The molecule has 0 radical (unpaired) electrons. The van der Waals surface area contributed by atoms with E-state index < -0.39 is 0 Å². The van der Waals surface area contributed by atoms with Crippen molar-refractivity contribution in [1.82, 2.24) is 19.9 Å². The Hall–Kier alpha value is -2.67. The van der Waals surface area contributed by atoms with Gasteiger partial charge in [0.1, 0.15) is 12.4 Å². The minimum Gasteiger partial charge on any atom is -0.489 e. The SMILES string of the molecule is C=CCOc1ccccc1C(=O)N1CCN(C(C)c2nc(CC)no2)CC1. The molecule has 1 aliphatic rings. The number of aryl methyl sites for hydroxylation is 1. The fourth-order valence-electron chi connectivity index (χ4n) is 3.14. The third-order valence-electron chi connectivity index (χ3n) is 4.78. The monoisotopic (exact) mass is 370 g/mol. The molecule has 3 rings (SSSR count). The number of carbonyl (C=O) groups excluding carboxylic acids is 1. The molecule has 1 fully saturated rings. The lowest BCUT2D eigenvalue weighted by atomic mass is 10.1. The Kier molecular flexibility index (Phi) is 6.24. The predicted octanol–water partition coefficient (Wildman–Crippen LogP) is 2.72. The molecule has 0 spiro atoms. The molecule has 0 aliphatic carbocycles. The number of aromatic nitrogens is 2. The molecule has 0 bridgehead atoms. The van der Waals surface area contributed by atoms with E-state index in [-0.39, 0.29) is 11.9 Å². The second-order valence-corrected chi connectivity index (χ2v) is 6.50. The maximum absolute atomic E-state index is 12.9. The summed E-state index contributed by atoms with van der Waals surface area (Å²) < 4.78 is 11.0. The third kappa shape index (κ3) is 4.36. The second kappa shape index (κ2) is 8.81. The summed E-state index contributed by atoms with van der Waals surface area (Å²) in [4.78, 5) is 21.5. The Labute approximate surface area is 159 Å². The van der Waals surface area contributed by atoms with Crippen molar-refractivity contribution in [2.45, 2.75) is 26.3 Å². The summed E-state index contributed by atoms with van der Waals surface area (Å²) in [5.74, 6) is 1.95. The van der Waals surface area contributed by atoms with Crippen LogP contribution in [0.15, 0.2) is 41.4 Å². The third-order valence-corrected chi connectivity index (χ3v) is 4.78. The van der Waals surface area contributed by atoms with E-state index in [0.29, 0.717) is 36.9 Å². The molecule has 7 nitrogen and oxygen atoms in total. The van der Waals surface area contributed by atoms with Gasteiger partial charge in [-0.3, -0.25) is 9.69 Å². The number of hydrogen-bond acceptors (Lipinski definition) is 6. The Bertz CT molecular complexity index is 781. The maximum Gasteiger partial charge on any atom is 0.257 e. The molecule has 1 atom stereocenters. The number of nitrogens with zero attached hydrogens (tertiary/aromatic N) is 4. The van der Waals surface area contributed by atoms with Crippen molar-refractivity contribution in [2.24, 2.45) is 0 Å². The van der Waals surface area contributed by atoms with Crippen molar-refractivity contribution in [3.8, 4) is 5.75 Å². The fourth-order valence-corrected chi connectivity index (χ4v) is 3.14. The number of carbonyl (C=O) groups is 1. The van der Waals surface area contributed by atoms with Crippen molar-refractivity contribution >= 4 is 5.91 Å². The van der Waals surface area contributed by atoms with Gasteiger partial charge in [0.15, 0.2) is 5.82 Å². The normalized spacial score (nSPS) is 16.1. The first-order valence-electron chi connectivity index (χ1n) is 9.32. The predicted molar refractivity (Wildman–Crippen MR) is 102 cm³/mol. The molecular weight excluding hydrogens is 344 g/mol. The summed E-state index contributed by atoms with van der Waals surface area (Å²) in [7, 11) is 0. The van der Waals surface area contributed by atoms with Crippen molar-refractivity contribution in [1.29, 1.82) is 0 Å². The van der Waals surface area contributed by atoms with Gasteiger partial charge in [0.2, 0.25) is 5.89 Å². The summed E-state index contributed by atoms with van der Waals surface area (Å²) in [6.07, 6.45) is 2.43. The van der Waals surface area contributed by atoms with Crippen LogP contribution in [0.3, 0.4) is 0 Å².